The maximum atomic E-state index is 13.0. The van der Waals surface area contributed by atoms with E-state index >= 15 is 0 Å². The molecule has 2 atom stereocenters. The quantitative estimate of drug-likeness (QED) is 0.283. The third-order valence-corrected chi connectivity index (χ3v) is 8.29. The first kappa shape index (κ1) is 27.7. The Bertz CT molecular complexity index is 1200. The first-order chi connectivity index (χ1) is 17.7. The number of pyridine rings is 1. The summed E-state index contributed by atoms with van der Waals surface area (Å²) < 4.78 is 39.3. The van der Waals surface area contributed by atoms with Crippen molar-refractivity contribution in [1.82, 2.24) is 14.7 Å². The van der Waals surface area contributed by atoms with Crippen LogP contribution in [0.5, 0.6) is 5.88 Å². The minimum absolute atomic E-state index is 0.285. The lowest BCUT2D eigenvalue weighted by Crippen LogP contribution is -2.36. The SMILES string of the molecule is CCC1(CCCCC[C@H](N[S@](=O)C(C)(C)C)c2ncc(-c3cc4ccccc4nc3OC)o2)OCCO1. The summed E-state index contributed by atoms with van der Waals surface area (Å²) in [6, 6.07) is 9.58. The average molecular weight is 530 g/mol. The van der Waals surface area contributed by atoms with Gasteiger partial charge in [-0.3, -0.25) is 0 Å². The van der Waals surface area contributed by atoms with Crippen LogP contribution >= 0.6 is 0 Å². The van der Waals surface area contributed by atoms with Gasteiger partial charge < -0.3 is 18.6 Å². The first-order valence-electron chi connectivity index (χ1n) is 13.1. The van der Waals surface area contributed by atoms with Gasteiger partial charge in [-0.25, -0.2) is 18.9 Å². The maximum Gasteiger partial charge on any atom is 0.224 e. The Kier molecular flexibility index (Phi) is 9.00. The molecule has 0 amide bonds. The summed E-state index contributed by atoms with van der Waals surface area (Å²) >= 11 is 0. The normalized spacial score (nSPS) is 17.2. The third kappa shape index (κ3) is 6.76. The molecule has 2 aromatic heterocycles. The van der Waals surface area contributed by atoms with Crippen LogP contribution in [0.15, 0.2) is 40.9 Å². The van der Waals surface area contributed by atoms with Crippen molar-refractivity contribution < 1.29 is 22.8 Å². The Morgan fingerprint density at radius 1 is 1.16 bits per heavy atom. The number of oxazole rings is 1. The summed E-state index contributed by atoms with van der Waals surface area (Å²) in [5, 5.41) is 0.986. The fourth-order valence-corrected chi connectivity index (χ4v) is 5.31. The van der Waals surface area contributed by atoms with E-state index in [2.05, 4.69) is 21.6 Å². The highest BCUT2D eigenvalue weighted by Crippen LogP contribution is 2.34. The summed E-state index contributed by atoms with van der Waals surface area (Å²) in [6.07, 6.45) is 7.11. The van der Waals surface area contributed by atoms with E-state index in [0.717, 1.165) is 55.0 Å². The number of ether oxygens (including phenoxy) is 3. The van der Waals surface area contributed by atoms with E-state index in [9.17, 15) is 4.21 Å². The largest absolute Gasteiger partial charge is 0.480 e. The number of nitrogens with zero attached hydrogens (tertiary/aromatic N) is 2. The molecule has 4 rings (SSSR count). The first-order valence-corrected chi connectivity index (χ1v) is 14.3. The summed E-state index contributed by atoms with van der Waals surface area (Å²) in [7, 11) is 0.324. The van der Waals surface area contributed by atoms with Gasteiger partial charge in [0.05, 0.1) is 59.4 Å². The molecule has 1 aliphatic rings. The molecule has 3 aromatic rings. The molecule has 0 bridgehead atoms. The lowest BCUT2D eigenvalue weighted by molar-refractivity contribution is -0.164. The Hall–Kier alpha value is -2.33. The zero-order chi connectivity index (χ0) is 26.5. The maximum absolute atomic E-state index is 13.0. The van der Waals surface area contributed by atoms with Gasteiger partial charge in [0, 0.05) is 11.8 Å². The van der Waals surface area contributed by atoms with Crippen molar-refractivity contribution in [3.63, 3.8) is 0 Å². The Labute approximate surface area is 222 Å². The van der Waals surface area contributed by atoms with E-state index in [0.29, 0.717) is 30.7 Å². The number of unbranched alkanes of at least 4 members (excludes halogenated alkanes) is 2. The van der Waals surface area contributed by atoms with Gasteiger partial charge in [-0.2, -0.15) is 0 Å². The van der Waals surface area contributed by atoms with Gasteiger partial charge in [0.15, 0.2) is 11.5 Å². The molecule has 3 heterocycles. The van der Waals surface area contributed by atoms with Crippen molar-refractivity contribution in [3.8, 4) is 17.2 Å². The Morgan fingerprint density at radius 3 is 2.62 bits per heavy atom. The monoisotopic (exact) mass is 529 g/mol. The minimum atomic E-state index is -1.27. The summed E-state index contributed by atoms with van der Waals surface area (Å²) in [5.74, 6) is 1.13. The molecule has 1 fully saturated rings. The van der Waals surface area contributed by atoms with Gasteiger partial charge in [0.2, 0.25) is 11.8 Å². The molecule has 0 unspecified atom stereocenters. The molecule has 0 spiro atoms. The number of nitrogens with one attached hydrogen (secondary N) is 1. The number of aromatic nitrogens is 2. The highest BCUT2D eigenvalue weighted by atomic mass is 32.2. The lowest BCUT2D eigenvalue weighted by Gasteiger charge is -2.26. The molecule has 0 radical (unpaired) electrons. The Balaban J connectivity index is 1.49. The predicted molar refractivity (Wildman–Crippen MR) is 146 cm³/mol. The fourth-order valence-electron chi connectivity index (χ4n) is 4.48. The average Bonchev–Trinajstić information content (AvgIpc) is 3.57. The molecule has 0 aliphatic carbocycles. The predicted octanol–water partition coefficient (Wildman–Crippen LogP) is 6.09. The molecule has 1 saturated heterocycles. The molecule has 202 valence electrons. The van der Waals surface area contributed by atoms with E-state index in [1.165, 1.54) is 0 Å². The third-order valence-electron chi connectivity index (χ3n) is 6.68. The number of hydrogen-bond acceptors (Lipinski definition) is 7. The van der Waals surface area contributed by atoms with Gasteiger partial charge >= 0.3 is 0 Å². The van der Waals surface area contributed by atoms with Crippen molar-refractivity contribution in [2.75, 3.05) is 20.3 Å². The molecule has 0 saturated carbocycles. The van der Waals surface area contributed by atoms with Gasteiger partial charge in [0.1, 0.15) is 0 Å². The van der Waals surface area contributed by atoms with Crippen LogP contribution in [0.3, 0.4) is 0 Å². The van der Waals surface area contributed by atoms with Gasteiger partial charge in [0.25, 0.3) is 0 Å². The topological polar surface area (TPSA) is 95.7 Å². The van der Waals surface area contributed by atoms with Gasteiger partial charge in [-0.05, 0) is 52.2 Å². The van der Waals surface area contributed by atoms with E-state index in [1.807, 2.05) is 51.1 Å². The van der Waals surface area contributed by atoms with E-state index < -0.39 is 21.5 Å². The second kappa shape index (κ2) is 12.0. The number of benzene rings is 1. The number of para-hydroxylation sites is 1. The number of fused-ring (bicyclic) bond motifs is 1. The highest BCUT2D eigenvalue weighted by Gasteiger charge is 2.34. The van der Waals surface area contributed by atoms with Crippen molar-refractivity contribution >= 4 is 21.9 Å². The molecule has 1 aliphatic heterocycles. The van der Waals surface area contributed by atoms with Crippen molar-refractivity contribution in [2.24, 2.45) is 0 Å². The molecule has 8 nitrogen and oxygen atoms in total. The van der Waals surface area contributed by atoms with Gasteiger partial charge in [-0.15, -0.1) is 0 Å². The summed E-state index contributed by atoms with van der Waals surface area (Å²) in [5.41, 5.74) is 1.58. The van der Waals surface area contributed by atoms with Crippen LogP contribution in [0.25, 0.3) is 22.2 Å². The molecule has 1 N–H and O–H groups in total. The van der Waals surface area contributed by atoms with Crippen LogP contribution < -0.4 is 9.46 Å². The minimum Gasteiger partial charge on any atom is -0.480 e. The molecule has 37 heavy (non-hydrogen) atoms. The zero-order valence-electron chi connectivity index (χ0n) is 22.5. The van der Waals surface area contributed by atoms with E-state index in [1.54, 1.807) is 13.3 Å². The molecule has 1 aromatic carbocycles. The highest BCUT2D eigenvalue weighted by molar-refractivity contribution is 7.84. The van der Waals surface area contributed by atoms with Gasteiger partial charge in [-0.1, -0.05) is 38.0 Å². The van der Waals surface area contributed by atoms with Crippen LogP contribution in [-0.2, 0) is 20.5 Å². The summed E-state index contributed by atoms with van der Waals surface area (Å²) in [6.45, 7) is 9.29. The van der Waals surface area contributed by atoms with E-state index in [-0.39, 0.29) is 6.04 Å². The van der Waals surface area contributed by atoms with Crippen molar-refractivity contribution in [3.05, 3.63) is 42.4 Å². The smallest absolute Gasteiger partial charge is 0.224 e. The van der Waals surface area contributed by atoms with Crippen LogP contribution in [-0.4, -0.2) is 45.0 Å². The zero-order valence-corrected chi connectivity index (χ0v) is 23.4. The second-order valence-corrected chi connectivity index (χ2v) is 12.4. The van der Waals surface area contributed by atoms with Crippen LogP contribution in [0.1, 0.15) is 78.2 Å². The standard InChI is InChI=1S/C28H39N3O5S/c1-6-28(34-16-17-35-28)15-11-7-8-14-23(31-37(32)27(2,3)4)26-29-19-24(36-26)21-18-20-12-9-10-13-22(20)30-25(21)33-5/h9-10,12-13,18-19,23,31H,6-8,11,14-17H2,1-5H3/t23-,37+/m0/s1. The Morgan fingerprint density at radius 2 is 1.92 bits per heavy atom. The molecular weight excluding hydrogens is 490 g/mol. The number of rotatable bonds is 12. The summed E-state index contributed by atoms with van der Waals surface area (Å²) in [4.78, 5) is 9.21. The van der Waals surface area contributed by atoms with Crippen LogP contribution in [0, 0.1) is 0 Å². The van der Waals surface area contributed by atoms with Crippen molar-refractivity contribution in [1.29, 1.82) is 0 Å². The fraction of sp³-hybridized carbons (Fsp3) is 0.571. The number of hydrogen-bond donors (Lipinski definition) is 1. The van der Waals surface area contributed by atoms with Crippen LogP contribution in [0.4, 0.5) is 0 Å². The van der Waals surface area contributed by atoms with Crippen molar-refractivity contribution in [2.45, 2.75) is 82.8 Å². The lowest BCUT2D eigenvalue weighted by atomic mass is 10.0. The second-order valence-electron chi connectivity index (χ2n) is 10.4. The van der Waals surface area contributed by atoms with E-state index in [4.69, 9.17) is 18.6 Å². The van der Waals surface area contributed by atoms with Crippen LogP contribution in [0.2, 0.25) is 0 Å². The number of methoxy groups -OCH3 is 1. The molecule has 9 heteroatoms. The molecular formula is C28H39N3O5S.